The van der Waals surface area contributed by atoms with Gasteiger partial charge in [-0.3, -0.25) is 19.8 Å². The second-order valence-electron chi connectivity index (χ2n) is 10.2. The third kappa shape index (κ3) is 5.01. The number of aryl methyl sites for hydroxylation is 1. The van der Waals surface area contributed by atoms with Crippen molar-refractivity contribution in [2.45, 2.75) is 50.5 Å². The van der Waals surface area contributed by atoms with Crippen molar-refractivity contribution in [3.63, 3.8) is 0 Å². The zero-order chi connectivity index (χ0) is 28.4. The van der Waals surface area contributed by atoms with E-state index in [4.69, 9.17) is 5.73 Å². The van der Waals surface area contributed by atoms with E-state index in [0.29, 0.717) is 30.5 Å². The number of ketones is 1. The Bertz CT molecular complexity index is 1600. The van der Waals surface area contributed by atoms with Crippen LogP contribution in [-0.2, 0) is 16.3 Å². The average Bonchev–Trinajstić information content (AvgIpc) is 2.95. The number of benzene rings is 3. The number of nitrogens with zero attached hydrogens (tertiary/aromatic N) is 3. The number of thioether (sulfide) groups is 1. The van der Waals surface area contributed by atoms with Gasteiger partial charge in [-0.25, -0.2) is 0 Å². The fourth-order valence-electron chi connectivity index (χ4n) is 5.75. The van der Waals surface area contributed by atoms with Crippen LogP contribution in [0.25, 0.3) is 0 Å². The predicted molar refractivity (Wildman–Crippen MR) is 158 cm³/mol. The Morgan fingerprint density at radius 3 is 2.52 bits per heavy atom. The zero-order valence-corrected chi connectivity index (χ0v) is 23.3. The lowest BCUT2D eigenvalue weighted by Gasteiger charge is -2.39. The Balaban J connectivity index is 1.62. The molecule has 40 heavy (non-hydrogen) atoms. The van der Waals surface area contributed by atoms with Gasteiger partial charge in [-0.05, 0) is 55.0 Å². The average molecular weight is 551 g/mol. The highest BCUT2D eigenvalue weighted by atomic mass is 32.2. The lowest BCUT2D eigenvalue weighted by Crippen LogP contribution is -2.39. The van der Waals surface area contributed by atoms with Gasteiger partial charge in [0.25, 0.3) is 5.69 Å². The fraction of sp³-hybridized carbons (Fsp3) is 0.250. The van der Waals surface area contributed by atoms with Crippen molar-refractivity contribution in [3.8, 4) is 6.07 Å². The monoisotopic (exact) mass is 550 g/mol. The van der Waals surface area contributed by atoms with Crippen LogP contribution in [0, 0.1) is 35.3 Å². The van der Waals surface area contributed by atoms with Crippen molar-refractivity contribution in [2.75, 3.05) is 4.90 Å². The van der Waals surface area contributed by atoms with Crippen molar-refractivity contribution >= 4 is 28.9 Å². The van der Waals surface area contributed by atoms with Crippen molar-refractivity contribution in [1.82, 2.24) is 0 Å². The molecule has 0 aromatic heterocycles. The molecule has 0 radical (unpaired) electrons. The number of carbonyl (C=O) groups is 1. The quantitative estimate of drug-likeness (QED) is 0.250. The molecular weight excluding hydrogens is 520 g/mol. The van der Waals surface area contributed by atoms with Crippen LogP contribution < -0.4 is 10.6 Å². The standard InChI is InChI=1S/C32H30N4O3S/c1-20-15-23(19-40-18-22-9-4-3-5-10-22)21(2)24(16-20)30-25(17-33)32(34)35(28-13-8-14-29(37)31(28)30)26-11-6-7-12-27(26)36(38)39/h3-7,9-12,15-16,30H,8,13-14,18-19,34H2,1-2H3. The van der Waals surface area contributed by atoms with Crippen molar-refractivity contribution in [3.05, 3.63) is 127 Å². The Kier molecular flexibility index (Phi) is 7.76. The normalized spacial score (nSPS) is 17.1. The Hall–Kier alpha value is -4.35. The molecule has 7 nitrogen and oxygen atoms in total. The van der Waals surface area contributed by atoms with Crippen molar-refractivity contribution in [1.29, 1.82) is 5.26 Å². The molecule has 0 amide bonds. The Morgan fingerprint density at radius 2 is 1.80 bits per heavy atom. The molecule has 3 aromatic carbocycles. The number of para-hydroxylation sites is 2. The summed E-state index contributed by atoms with van der Waals surface area (Å²) in [6.07, 6.45) is 1.52. The Labute approximate surface area is 238 Å². The number of nitro groups is 1. The van der Waals surface area contributed by atoms with E-state index in [-0.39, 0.29) is 28.6 Å². The molecule has 2 N–H and O–H groups in total. The van der Waals surface area contributed by atoms with Crippen molar-refractivity contribution in [2.24, 2.45) is 5.73 Å². The van der Waals surface area contributed by atoms with Gasteiger partial charge in [-0.15, -0.1) is 0 Å². The third-order valence-electron chi connectivity index (χ3n) is 7.61. The van der Waals surface area contributed by atoms with E-state index >= 15 is 0 Å². The summed E-state index contributed by atoms with van der Waals surface area (Å²) >= 11 is 1.82. The van der Waals surface area contributed by atoms with Gasteiger partial charge in [0.1, 0.15) is 11.5 Å². The maximum absolute atomic E-state index is 13.6. The van der Waals surface area contributed by atoms with Crippen LogP contribution >= 0.6 is 11.8 Å². The van der Waals surface area contributed by atoms with Gasteiger partial charge >= 0.3 is 0 Å². The number of hydrogen-bond donors (Lipinski definition) is 1. The Morgan fingerprint density at radius 1 is 1.07 bits per heavy atom. The summed E-state index contributed by atoms with van der Waals surface area (Å²) in [4.78, 5) is 26.6. The van der Waals surface area contributed by atoms with E-state index in [1.54, 1.807) is 23.1 Å². The third-order valence-corrected chi connectivity index (χ3v) is 8.67. The molecule has 0 saturated carbocycles. The largest absolute Gasteiger partial charge is 0.384 e. The SMILES string of the molecule is Cc1cc(CSCc2ccccc2)c(C)c(C2C(C#N)=C(N)N(c3ccccc3[N+](=O)[O-])C3=C2C(=O)CCC3)c1. The summed E-state index contributed by atoms with van der Waals surface area (Å²) in [6, 6.07) is 23.1. The van der Waals surface area contributed by atoms with Gasteiger partial charge < -0.3 is 5.73 Å². The first-order valence-corrected chi connectivity index (χ1v) is 14.4. The summed E-state index contributed by atoms with van der Waals surface area (Å²) in [5, 5.41) is 22.3. The van der Waals surface area contributed by atoms with E-state index < -0.39 is 10.8 Å². The molecule has 3 aromatic rings. The molecule has 1 aliphatic heterocycles. The highest BCUT2D eigenvalue weighted by molar-refractivity contribution is 7.97. The lowest BCUT2D eigenvalue weighted by atomic mass is 9.73. The number of carbonyl (C=O) groups excluding carboxylic acids is 1. The van der Waals surface area contributed by atoms with Crippen LogP contribution in [0.2, 0.25) is 0 Å². The lowest BCUT2D eigenvalue weighted by molar-refractivity contribution is -0.384. The smallest absolute Gasteiger partial charge is 0.293 e. The van der Waals surface area contributed by atoms with E-state index in [1.807, 2.05) is 49.9 Å². The van der Waals surface area contributed by atoms with Gasteiger partial charge in [-0.2, -0.15) is 17.0 Å². The molecule has 1 aliphatic carbocycles. The highest BCUT2D eigenvalue weighted by Gasteiger charge is 2.42. The first-order chi connectivity index (χ1) is 19.3. The minimum atomic E-state index is -0.621. The second kappa shape index (κ2) is 11.4. The van der Waals surface area contributed by atoms with Crippen molar-refractivity contribution < 1.29 is 9.72 Å². The molecule has 1 atom stereocenters. The van der Waals surface area contributed by atoms with E-state index in [9.17, 15) is 20.2 Å². The highest BCUT2D eigenvalue weighted by Crippen LogP contribution is 2.48. The van der Waals surface area contributed by atoms with Crippen LogP contribution in [0.3, 0.4) is 0 Å². The molecule has 1 heterocycles. The summed E-state index contributed by atoms with van der Waals surface area (Å²) in [5.41, 5.74) is 13.6. The summed E-state index contributed by atoms with van der Waals surface area (Å²) in [6.45, 7) is 4.06. The number of nitrogens with two attached hydrogens (primary N) is 1. The molecular formula is C32H30N4O3S. The summed E-state index contributed by atoms with van der Waals surface area (Å²) in [7, 11) is 0. The molecule has 0 saturated heterocycles. The van der Waals surface area contributed by atoms with Crippen LogP contribution in [0.5, 0.6) is 0 Å². The first-order valence-electron chi connectivity index (χ1n) is 13.2. The summed E-state index contributed by atoms with van der Waals surface area (Å²) < 4.78 is 0. The van der Waals surface area contributed by atoms with Gasteiger partial charge in [-0.1, -0.05) is 60.2 Å². The maximum Gasteiger partial charge on any atom is 0.293 e. The second-order valence-corrected chi connectivity index (χ2v) is 11.2. The number of nitriles is 1. The first kappa shape index (κ1) is 27.2. The molecule has 5 rings (SSSR count). The number of allylic oxidation sites excluding steroid dienone is 3. The van der Waals surface area contributed by atoms with Crippen LogP contribution in [-0.4, -0.2) is 10.7 Å². The zero-order valence-electron chi connectivity index (χ0n) is 22.5. The number of hydrogen-bond acceptors (Lipinski definition) is 7. The maximum atomic E-state index is 13.6. The van der Waals surface area contributed by atoms with Gasteiger partial charge in [0, 0.05) is 35.3 Å². The molecule has 0 spiro atoms. The molecule has 202 valence electrons. The molecule has 1 unspecified atom stereocenters. The van der Waals surface area contributed by atoms with Crippen LogP contribution in [0.1, 0.15) is 53.0 Å². The van der Waals surface area contributed by atoms with Crippen LogP contribution in [0.4, 0.5) is 11.4 Å². The van der Waals surface area contributed by atoms with Crippen LogP contribution in [0.15, 0.2) is 89.4 Å². The van der Waals surface area contributed by atoms with E-state index in [1.165, 1.54) is 11.6 Å². The molecule has 2 aliphatic rings. The topological polar surface area (TPSA) is 113 Å². The number of anilines is 1. The number of nitro benzene ring substituents is 1. The van der Waals surface area contributed by atoms with E-state index in [2.05, 4.69) is 24.3 Å². The number of rotatable bonds is 7. The fourth-order valence-corrected chi connectivity index (χ4v) is 6.80. The number of Topliss-reactive ketones (excluding diaryl/α,β-unsaturated/α-hetero) is 1. The molecule has 0 bridgehead atoms. The van der Waals surface area contributed by atoms with E-state index in [0.717, 1.165) is 33.8 Å². The van der Waals surface area contributed by atoms with Gasteiger partial charge in [0.05, 0.1) is 22.5 Å². The minimum absolute atomic E-state index is 0.0454. The molecule has 8 heteroatoms. The minimum Gasteiger partial charge on any atom is -0.384 e. The summed E-state index contributed by atoms with van der Waals surface area (Å²) in [5.74, 6) is 1.13. The van der Waals surface area contributed by atoms with Gasteiger partial charge in [0.2, 0.25) is 0 Å². The van der Waals surface area contributed by atoms with Gasteiger partial charge in [0.15, 0.2) is 5.78 Å². The predicted octanol–water partition coefficient (Wildman–Crippen LogP) is 6.95. The molecule has 0 fully saturated rings.